The molecule has 26 heavy (non-hydrogen) atoms. The minimum Gasteiger partial charge on any atom is -0.363 e. The molecule has 1 aromatic carbocycles. The number of amides is 1. The monoisotopic (exact) mass is 398 g/mol. The van der Waals surface area contributed by atoms with Crippen molar-refractivity contribution in [1.29, 1.82) is 0 Å². The number of halogens is 2. The van der Waals surface area contributed by atoms with Crippen molar-refractivity contribution >= 4 is 47.4 Å². The van der Waals surface area contributed by atoms with Crippen molar-refractivity contribution < 1.29 is 4.79 Å². The number of fused-ring (bicyclic) bond motifs is 1. The quantitative estimate of drug-likeness (QED) is 0.810. The van der Waals surface area contributed by atoms with Gasteiger partial charge >= 0.3 is 0 Å². The lowest BCUT2D eigenvalue weighted by Crippen LogP contribution is -2.31. The first-order chi connectivity index (χ1) is 11.5. The molecule has 0 spiro atoms. The van der Waals surface area contributed by atoms with E-state index in [1.807, 2.05) is 43.3 Å². The lowest BCUT2D eigenvalue weighted by atomic mass is 10.00. The maximum atomic E-state index is 12.3. The molecule has 1 aliphatic rings. The van der Waals surface area contributed by atoms with Gasteiger partial charge in [-0.3, -0.25) is 4.79 Å². The van der Waals surface area contributed by atoms with E-state index in [1.165, 1.54) is 0 Å². The summed E-state index contributed by atoms with van der Waals surface area (Å²) in [5, 5.41) is 4.15. The molecule has 1 heterocycles. The lowest BCUT2D eigenvalue weighted by molar-refractivity contribution is -0.122. The van der Waals surface area contributed by atoms with E-state index in [0.29, 0.717) is 18.9 Å². The largest absolute Gasteiger partial charge is 0.363 e. The van der Waals surface area contributed by atoms with E-state index in [4.69, 9.17) is 5.73 Å². The van der Waals surface area contributed by atoms with Crippen LogP contribution < -0.4 is 16.0 Å². The average molecular weight is 399 g/mol. The summed E-state index contributed by atoms with van der Waals surface area (Å²) in [4.78, 5) is 18.9. The lowest BCUT2D eigenvalue weighted by Gasteiger charge is -2.17. The third kappa shape index (κ3) is 5.22. The van der Waals surface area contributed by atoms with Crippen molar-refractivity contribution in [1.82, 2.24) is 10.3 Å². The number of anilines is 1. The van der Waals surface area contributed by atoms with Crippen LogP contribution in [0.1, 0.15) is 31.2 Å². The molecule has 3 rings (SSSR count). The molecular formula is C19H28Cl2N4O. The van der Waals surface area contributed by atoms with Gasteiger partial charge in [-0.2, -0.15) is 0 Å². The van der Waals surface area contributed by atoms with E-state index in [0.717, 1.165) is 41.5 Å². The van der Waals surface area contributed by atoms with Crippen LogP contribution in [0, 0.1) is 5.92 Å². The molecule has 1 saturated carbocycles. The fourth-order valence-corrected chi connectivity index (χ4v) is 3.43. The number of carbonyl (C=O) groups excluding carboxylic acids is 1. The molecule has 144 valence electrons. The standard InChI is InChI=1S/C19H26N4O.2ClH/c1-23(2)18-10-14(15-7-3-4-9-17(15)22-18)12-21-19(24)11-13-6-5-8-16(13)20;;/h3-4,7,9-10,13,16H,5-6,8,11-12,20H2,1-2H3,(H,21,24);2*1H/t13-,16+;;/m0../s1. The maximum absolute atomic E-state index is 12.3. The number of rotatable bonds is 5. The molecule has 0 unspecified atom stereocenters. The number of carbonyl (C=O) groups is 1. The Balaban J connectivity index is 0.00000169. The highest BCUT2D eigenvalue weighted by Gasteiger charge is 2.25. The molecule has 0 aliphatic heterocycles. The number of hydrogen-bond acceptors (Lipinski definition) is 4. The zero-order chi connectivity index (χ0) is 17.1. The molecule has 3 N–H and O–H groups in total. The van der Waals surface area contributed by atoms with Gasteiger partial charge in [-0.25, -0.2) is 4.98 Å². The Kier molecular flexibility index (Phi) is 8.60. The number of hydrogen-bond donors (Lipinski definition) is 2. The van der Waals surface area contributed by atoms with Gasteiger partial charge in [0.25, 0.3) is 0 Å². The van der Waals surface area contributed by atoms with Crippen LogP contribution >= 0.6 is 24.8 Å². The van der Waals surface area contributed by atoms with Crippen molar-refractivity contribution in [2.75, 3.05) is 19.0 Å². The zero-order valence-electron chi connectivity index (χ0n) is 15.3. The number of aromatic nitrogens is 1. The molecule has 1 aliphatic carbocycles. The molecular weight excluding hydrogens is 371 g/mol. The van der Waals surface area contributed by atoms with E-state index in [1.54, 1.807) is 0 Å². The Bertz CT molecular complexity index is 739. The molecule has 2 aromatic rings. The molecule has 7 heteroatoms. The summed E-state index contributed by atoms with van der Waals surface area (Å²) >= 11 is 0. The molecule has 0 saturated heterocycles. The third-order valence-electron chi connectivity index (χ3n) is 4.89. The average Bonchev–Trinajstić information content (AvgIpc) is 2.97. The first kappa shape index (κ1) is 22.5. The van der Waals surface area contributed by atoms with Crippen LogP contribution in [0.25, 0.3) is 10.9 Å². The molecule has 1 amide bonds. The van der Waals surface area contributed by atoms with E-state index < -0.39 is 0 Å². The number of nitrogens with zero attached hydrogens (tertiary/aromatic N) is 2. The summed E-state index contributed by atoms with van der Waals surface area (Å²) in [5.74, 6) is 1.32. The van der Waals surface area contributed by atoms with E-state index in [-0.39, 0.29) is 36.8 Å². The maximum Gasteiger partial charge on any atom is 0.220 e. The topological polar surface area (TPSA) is 71.2 Å². The fraction of sp³-hybridized carbons (Fsp3) is 0.474. The number of para-hydroxylation sites is 1. The molecule has 0 radical (unpaired) electrons. The number of nitrogens with two attached hydrogens (primary N) is 1. The number of benzene rings is 1. The van der Waals surface area contributed by atoms with Crippen molar-refractivity contribution in [2.45, 2.75) is 38.3 Å². The first-order valence-electron chi connectivity index (χ1n) is 8.63. The summed E-state index contributed by atoms with van der Waals surface area (Å²) < 4.78 is 0. The second-order valence-corrected chi connectivity index (χ2v) is 6.89. The number of pyridine rings is 1. The molecule has 5 nitrogen and oxygen atoms in total. The van der Waals surface area contributed by atoms with Crippen LogP contribution in [0.5, 0.6) is 0 Å². The molecule has 0 bridgehead atoms. The SMILES string of the molecule is CN(C)c1cc(CNC(=O)C[C@@H]2CCC[C@H]2N)c2ccccc2n1.Cl.Cl. The van der Waals surface area contributed by atoms with Gasteiger partial charge in [0.2, 0.25) is 5.91 Å². The fourth-order valence-electron chi connectivity index (χ4n) is 3.43. The van der Waals surface area contributed by atoms with Crippen LogP contribution in [0.2, 0.25) is 0 Å². The van der Waals surface area contributed by atoms with E-state index in [2.05, 4.69) is 16.4 Å². The summed E-state index contributed by atoms with van der Waals surface area (Å²) in [5.41, 5.74) is 8.11. The van der Waals surface area contributed by atoms with Gasteiger partial charge in [-0.15, -0.1) is 24.8 Å². The third-order valence-corrected chi connectivity index (χ3v) is 4.89. The molecule has 1 fully saturated rings. The van der Waals surface area contributed by atoms with E-state index >= 15 is 0 Å². The minimum atomic E-state index is 0. The van der Waals surface area contributed by atoms with Gasteiger partial charge in [0.05, 0.1) is 5.52 Å². The van der Waals surface area contributed by atoms with Gasteiger partial charge in [0, 0.05) is 38.5 Å². The van der Waals surface area contributed by atoms with Gasteiger partial charge in [0.15, 0.2) is 0 Å². The normalized spacial score (nSPS) is 18.7. The number of nitrogens with one attached hydrogen (secondary N) is 1. The van der Waals surface area contributed by atoms with Crippen LogP contribution in [0.3, 0.4) is 0 Å². The zero-order valence-corrected chi connectivity index (χ0v) is 16.9. The summed E-state index contributed by atoms with van der Waals surface area (Å²) in [6, 6.07) is 10.3. The second-order valence-electron chi connectivity index (χ2n) is 6.89. The Morgan fingerprint density at radius 2 is 2.00 bits per heavy atom. The highest BCUT2D eigenvalue weighted by atomic mass is 35.5. The minimum absolute atomic E-state index is 0. The van der Waals surface area contributed by atoms with Crippen molar-refractivity contribution in [3.63, 3.8) is 0 Å². The highest BCUT2D eigenvalue weighted by Crippen LogP contribution is 2.27. The van der Waals surface area contributed by atoms with Gasteiger partial charge in [0.1, 0.15) is 5.82 Å². The van der Waals surface area contributed by atoms with Crippen LogP contribution in [0.4, 0.5) is 5.82 Å². The summed E-state index contributed by atoms with van der Waals surface area (Å²) in [7, 11) is 3.95. The Labute approximate surface area is 167 Å². The van der Waals surface area contributed by atoms with Crippen molar-refractivity contribution in [2.24, 2.45) is 11.7 Å². The van der Waals surface area contributed by atoms with E-state index in [9.17, 15) is 4.79 Å². The first-order valence-corrected chi connectivity index (χ1v) is 8.63. The smallest absolute Gasteiger partial charge is 0.220 e. The molecule has 1 aromatic heterocycles. The summed E-state index contributed by atoms with van der Waals surface area (Å²) in [6.45, 7) is 0.519. The molecule has 2 atom stereocenters. The van der Waals surface area contributed by atoms with Gasteiger partial charge < -0.3 is 16.0 Å². The Hall–Kier alpha value is -1.56. The predicted octanol–water partition coefficient (Wildman–Crippen LogP) is 3.28. The van der Waals surface area contributed by atoms with Crippen LogP contribution in [-0.4, -0.2) is 31.0 Å². The van der Waals surface area contributed by atoms with Crippen molar-refractivity contribution in [3.05, 3.63) is 35.9 Å². The predicted molar refractivity (Wildman–Crippen MR) is 112 cm³/mol. The highest BCUT2D eigenvalue weighted by molar-refractivity contribution is 5.86. The van der Waals surface area contributed by atoms with Crippen molar-refractivity contribution in [3.8, 4) is 0 Å². The second kappa shape index (κ2) is 9.95. The summed E-state index contributed by atoms with van der Waals surface area (Å²) in [6.07, 6.45) is 3.78. The van der Waals surface area contributed by atoms with Crippen LogP contribution in [0.15, 0.2) is 30.3 Å². The van der Waals surface area contributed by atoms with Crippen LogP contribution in [-0.2, 0) is 11.3 Å². The Morgan fingerprint density at radius 3 is 2.65 bits per heavy atom. The van der Waals surface area contributed by atoms with Gasteiger partial charge in [-0.05, 0) is 36.5 Å². The van der Waals surface area contributed by atoms with Gasteiger partial charge in [-0.1, -0.05) is 24.6 Å². The Morgan fingerprint density at radius 1 is 1.27 bits per heavy atom.